The van der Waals surface area contributed by atoms with Crippen molar-refractivity contribution in [1.29, 1.82) is 0 Å². The van der Waals surface area contributed by atoms with E-state index in [1.807, 2.05) is 12.1 Å². The van der Waals surface area contributed by atoms with Gasteiger partial charge in [-0.05, 0) is 46.5 Å². The molecular weight excluding hydrogens is 326 g/mol. The van der Waals surface area contributed by atoms with Crippen LogP contribution in [0.15, 0.2) is 29.0 Å². The molecule has 0 unspecified atom stereocenters. The van der Waals surface area contributed by atoms with E-state index in [1.54, 1.807) is 18.4 Å². The summed E-state index contributed by atoms with van der Waals surface area (Å²) in [6.45, 7) is 3.98. The molecule has 1 atom stereocenters. The molecule has 1 aliphatic heterocycles. The quantitative estimate of drug-likeness (QED) is 0.793. The maximum atomic E-state index is 9.75. The van der Waals surface area contributed by atoms with Gasteiger partial charge in [-0.15, -0.1) is 0 Å². The average Bonchev–Trinajstić information content (AvgIpc) is 3.26. The lowest BCUT2D eigenvalue weighted by Crippen LogP contribution is -2.36. The van der Waals surface area contributed by atoms with Crippen molar-refractivity contribution in [3.63, 3.8) is 0 Å². The van der Waals surface area contributed by atoms with Crippen LogP contribution in [0, 0.1) is 0 Å². The van der Waals surface area contributed by atoms with Crippen LogP contribution < -0.4 is 14.2 Å². The summed E-state index contributed by atoms with van der Waals surface area (Å²) in [5, 5.41) is 14.0. The maximum Gasteiger partial charge on any atom is 0.231 e. The molecule has 2 heterocycles. The Hall–Kier alpha value is -1.76. The number of thiophene rings is 1. The fraction of sp³-hybridized carbons (Fsp3) is 0.444. The molecule has 0 bridgehead atoms. The van der Waals surface area contributed by atoms with Gasteiger partial charge in [-0.2, -0.15) is 11.3 Å². The van der Waals surface area contributed by atoms with Gasteiger partial charge in [0, 0.05) is 19.1 Å². The number of benzene rings is 1. The Kier molecular flexibility index (Phi) is 5.60. The molecule has 0 aliphatic carbocycles. The highest BCUT2D eigenvalue weighted by Crippen LogP contribution is 2.42. The molecular formula is C18H23NO4S. The first-order valence-electron chi connectivity index (χ1n) is 8.07. The lowest BCUT2D eigenvalue weighted by atomic mass is 10.1. The van der Waals surface area contributed by atoms with E-state index in [-0.39, 0.29) is 19.4 Å². The van der Waals surface area contributed by atoms with Crippen molar-refractivity contribution in [2.24, 2.45) is 0 Å². The predicted octanol–water partition coefficient (Wildman–Crippen LogP) is 3.26. The zero-order chi connectivity index (χ0) is 16.9. The molecule has 1 N–H and O–H groups in total. The minimum absolute atomic E-state index is 0.112. The maximum absolute atomic E-state index is 9.75. The summed E-state index contributed by atoms with van der Waals surface area (Å²) < 4.78 is 16.4. The molecule has 5 nitrogen and oxygen atoms in total. The molecule has 0 radical (unpaired) electrons. The lowest BCUT2D eigenvalue weighted by molar-refractivity contribution is 0.107. The number of fused-ring (bicyclic) bond motifs is 1. The zero-order valence-electron chi connectivity index (χ0n) is 14.0. The summed E-state index contributed by atoms with van der Waals surface area (Å²) in [4.78, 5) is 2.29. The SMILES string of the molecule is CC[C@H](CO)N(Cc1ccsc1)Cc1cc(OC)c2c(c1)OCO2. The number of ether oxygens (including phenoxy) is 3. The zero-order valence-corrected chi connectivity index (χ0v) is 14.8. The van der Waals surface area contributed by atoms with Crippen LogP contribution in [-0.2, 0) is 13.1 Å². The number of hydrogen-bond donors (Lipinski definition) is 1. The highest BCUT2D eigenvalue weighted by Gasteiger charge is 2.23. The Balaban J connectivity index is 1.84. The van der Waals surface area contributed by atoms with E-state index in [0.29, 0.717) is 18.0 Å². The van der Waals surface area contributed by atoms with Crippen LogP contribution in [0.2, 0.25) is 0 Å². The molecule has 3 rings (SSSR count). The lowest BCUT2D eigenvalue weighted by Gasteiger charge is -2.29. The van der Waals surface area contributed by atoms with Crippen molar-refractivity contribution in [3.8, 4) is 17.2 Å². The number of rotatable bonds is 8. The Morgan fingerprint density at radius 3 is 2.79 bits per heavy atom. The topological polar surface area (TPSA) is 51.2 Å². The van der Waals surface area contributed by atoms with Crippen LogP contribution in [0.5, 0.6) is 17.2 Å². The first kappa shape index (κ1) is 17.1. The van der Waals surface area contributed by atoms with Crippen LogP contribution >= 0.6 is 11.3 Å². The second-order valence-electron chi connectivity index (χ2n) is 5.81. The summed E-state index contributed by atoms with van der Waals surface area (Å²) in [5.74, 6) is 2.07. The number of aliphatic hydroxyl groups excluding tert-OH is 1. The molecule has 24 heavy (non-hydrogen) atoms. The third kappa shape index (κ3) is 3.66. The van der Waals surface area contributed by atoms with Gasteiger partial charge < -0.3 is 19.3 Å². The standard InChI is InChI=1S/C18H23NO4S/c1-3-15(10-20)19(8-13-4-5-24-11-13)9-14-6-16(21-2)18-17(7-14)22-12-23-18/h4-7,11,15,20H,3,8-10,12H2,1-2H3/t15-/m1/s1. The van der Waals surface area contributed by atoms with Crippen molar-refractivity contribution < 1.29 is 19.3 Å². The second-order valence-corrected chi connectivity index (χ2v) is 6.59. The number of hydrogen-bond acceptors (Lipinski definition) is 6. The van der Waals surface area contributed by atoms with Gasteiger partial charge in [0.15, 0.2) is 11.5 Å². The number of methoxy groups -OCH3 is 1. The smallest absolute Gasteiger partial charge is 0.231 e. The van der Waals surface area contributed by atoms with Gasteiger partial charge >= 0.3 is 0 Å². The van der Waals surface area contributed by atoms with Gasteiger partial charge in [0.25, 0.3) is 0 Å². The molecule has 2 aromatic rings. The molecule has 130 valence electrons. The van der Waals surface area contributed by atoms with Crippen LogP contribution in [0.25, 0.3) is 0 Å². The molecule has 0 amide bonds. The number of nitrogens with zero attached hydrogens (tertiary/aromatic N) is 1. The highest BCUT2D eigenvalue weighted by molar-refractivity contribution is 7.07. The first-order valence-corrected chi connectivity index (χ1v) is 9.02. The molecule has 1 aliphatic rings. The molecule has 1 aromatic heterocycles. The van der Waals surface area contributed by atoms with E-state index in [0.717, 1.165) is 24.3 Å². The summed E-state index contributed by atoms with van der Waals surface area (Å²) in [6.07, 6.45) is 0.891. The highest BCUT2D eigenvalue weighted by atomic mass is 32.1. The van der Waals surface area contributed by atoms with E-state index < -0.39 is 0 Å². The van der Waals surface area contributed by atoms with Crippen molar-refractivity contribution in [3.05, 3.63) is 40.1 Å². The summed E-state index contributed by atoms with van der Waals surface area (Å²) in [6, 6.07) is 6.22. The fourth-order valence-corrected chi connectivity index (χ4v) is 3.60. The Labute approximate surface area is 146 Å². The van der Waals surface area contributed by atoms with Gasteiger partial charge in [-0.25, -0.2) is 0 Å². The third-order valence-electron chi connectivity index (χ3n) is 4.27. The van der Waals surface area contributed by atoms with Crippen LogP contribution in [-0.4, -0.2) is 36.6 Å². The van der Waals surface area contributed by atoms with Crippen molar-refractivity contribution >= 4 is 11.3 Å². The minimum atomic E-state index is 0.112. The summed E-state index contributed by atoms with van der Waals surface area (Å²) >= 11 is 1.69. The van der Waals surface area contributed by atoms with E-state index in [1.165, 1.54) is 5.56 Å². The third-order valence-corrected chi connectivity index (χ3v) is 5.00. The summed E-state index contributed by atoms with van der Waals surface area (Å²) in [7, 11) is 1.63. The molecule has 6 heteroatoms. The van der Waals surface area contributed by atoms with Crippen LogP contribution in [0.4, 0.5) is 0 Å². The van der Waals surface area contributed by atoms with Gasteiger partial charge in [0.1, 0.15) is 0 Å². The first-order chi connectivity index (χ1) is 11.7. The van der Waals surface area contributed by atoms with Crippen molar-refractivity contribution in [2.45, 2.75) is 32.5 Å². The number of aliphatic hydroxyl groups is 1. The fourth-order valence-electron chi connectivity index (χ4n) is 2.94. The van der Waals surface area contributed by atoms with Gasteiger partial charge in [0.2, 0.25) is 12.5 Å². The minimum Gasteiger partial charge on any atom is -0.493 e. The van der Waals surface area contributed by atoms with Gasteiger partial charge in [0.05, 0.1) is 13.7 Å². The molecule has 1 aromatic carbocycles. The Bertz CT molecular complexity index is 655. The molecule has 0 spiro atoms. The van der Waals surface area contributed by atoms with Crippen molar-refractivity contribution in [1.82, 2.24) is 4.90 Å². The molecule has 0 fully saturated rings. The van der Waals surface area contributed by atoms with Crippen molar-refractivity contribution in [2.75, 3.05) is 20.5 Å². The van der Waals surface area contributed by atoms with E-state index in [4.69, 9.17) is 14.2 Å². The van der Waals surface area contributed by atoms with Crippen LogP contribution in [0.3, 0.4) is 0 Å². The van der Waals surface area contributed by atoms with Gasteiger partial charge in [-0.1, -0.05) is 6.92 Å². The molecule has 0 saturated heterocycles. The Morgan fingerprint density at radius 2 is 2.12 bits per heavy atom. The summed E-state index contributed by atoms with van der Waals surface area (Å²) in [5.41, 5.74) is 2.35. The average molecular weight is 349 g/mol. The predicted molar refractivity (Wildman–Crippen MR) is 93.8 cm³/mol. The Morgan fingerprint density at radius 1 is 1.29 bits per heavy atom. The second kappa shape index (κ2) is 7.88. The van der Waals surface area contributed by atoms with E-state index in [9.17, 15) is 5.11 Å². The molecule has 0 saturated carbocycles. The normalized spacial score (nSPS) is 14.2. The largest absolute Gasteiger partial charge is 0.493 e. The monoisotopic (exact) mass is 349 g/mol. The van der Waals surface area contributed by atoms with Gasteiger partial charge in [-0.3, -0.25) is 4.90 Å². The van der Waals surface area contributed by atoms with E-state index >= 15 is 0 Å². The van der Waals surface area contributed by atoms with E-state index in [2.05, 4.69) is 28.7 Å². The van der Waals surface area contributed by atoms with Crippen LogP contribution in [0.1, 0.15) is 24.5 Å².